The molecule has 0 aliphatic carbocycles. The Kier molecular flexibility index (Phi) is 5.54. The van der Waals surface area contributed by atoms with Crippen LogP contribution in [0.2, 0.25) is 0 Å². The lowest BCUT2D eigenvalue weighted by Crippen LogP contribution is -2.21. The van der Waals surface area contributed by atoms with Crippen LogP contribution in [0, 0.1) is 0 Å². The van der Waals surface area contributed by atoms with E-state index in [9.17, 15) is 4.79 Å². The Labute approximate surface area is 124 Å². The number of hydrogen-bond acceptors (Lipinski definition) is 6. The first-order chi connectivity index (χ1) is 10.2. The number of hydrogen-bond donors (Lipinski definition) is 0. The summed E-state index contributed by atoms with van der Waals surface area (Å²) in [5, 5.41) is 0. The highest BCUT2D eigenvalue weighted by Gasteiger charge is 2.27. The van der Waals surface area contributed by atoms with E-state index in [2.05, 4.69) is 21.6 Å². The van der Waals surface area contributed by atoms with Gasteiger partial charge in [0.25, 0.3) is 0 Å². The van der Waals surface area contributed by atoms with Gasteiger partial charge < -0.3 is 14.2 Å². The summed E-state index contributed by atoms with van der Waals surface area (Å²) in [6.07, 6.45) is 4.93. The Morgan fingerprint density at radius 3 is 3.10 bits per heavy atom. The van der Waals surface area contributed by atoms with Crippen molar-refractivity contribution in [3.8, 4) is 5.88 Å². The maximum Gasteiger partial charge on any atom is 0.334 e. The zero-order chi connectivity index (χ0) is 15.1. The molecule has 1 aliphatic rings. The molecule has 1 aromatic heterocycles. The Balaban J connectivity index is 1.99. The molecule has 0 spiro atoms. The van der Waals surface area contributed by atoms with Gasteiger partial charge in [0.2, 0.25) is 11.8 Å². The summed E-state index contributed by atoms with van der Waals surface area (Å²) in [6.45, 7) is 2.99. The van der Waals surface area contributed by atoms with E-state index in [0.717, 1.165) is 24.8 Å². The number of methoxy groups -OCH3 is 1. The number of unbranched alkanes of at least 4 members (excludes halogenated alkanes) is 2. The standard InChI is InChI=1S/C15H20N2O4/c1-3-4-5-8-20-13-9-11(6-7-16-13)14-17-12(10-21-14)15(18)19-2/h6-7,9,12H,3-5,8,10H2,1-2H3. The van der Waals surface area contributed by atoms with Gasteiger partial charge in [-0.2, -0.15) is 0 Å². The fraction of sp³-hybridized carbons (Fsp3) is 0.533. The summed E-state index contributed by atoms with van der Waals surface area (Å²) in [6, 6.07) is 2.95. The predicted molar refractivity (Wildman–Crippen MR) is 77.6 cm³/mol. The SMILES string of the molecule is CCCCCOc1cc(C2=NC(C(=O)OC)CO2)ccn1. The van der Waals surface area contributed by atoms with Gasteiger partial charge in [-0.25, -0.2) is 14.8 Å². The average Bonchev–Trinajstić information content (AvgIpc) is 3.01. The lowest BCUT2D eigenvalue weighted by Gasteiger charge is -2.06. The summed E-state index contributed by atoms with van der Waals surface area (Å²) in [5.74, 6) is 0.567. The van der Waals surface area contributed by atoms with Crippen molar-refractivity contribution in [3.63, 3.8) is 0 Å². The molecule has 2 rings (SSSR count). The van der Waals surface area contributed by atoms with Crippen LogP contribution in [0.25, 0.3) is 0 Å². The largest absolute Gasteiger partial charge is 0.478 e. The van der Waals surface area contributed by atoms with Crippen molar-refractivity contribution in [3.05, 3.63) is 23.9 Å². The van der Waals surface area contributed by atoms with Crippen LogP contribution in [0.3, 0.4) is 0 Å². The van der Waals surface area contributed by atoms with E-state index in [1.807, 2.05) is 0 Å². The number of aromatic nitrogens is 1. The molecular formula is C15H20N2O4. The van der Waals surface area contributed by atoms with Crippen molar-refractivity contribution in [2.75, 3.05) is 20.3 Å². The minimum atomic E-state index is -0.591. The van der Waals surface area contributed by atoms with Crippen molar-refractivity contribution in [1.82, 2.24) is 4.98 Å². The highest BCUT2D eigenvalue weighted by Crippen LogP contribution is 2.16. The van der Waals surface area contributed by atoms with Gasteiger partial charge in [0, 0.05) is 17.8 Å². The zero-order valence-corrected chi connectivity index (χ0v) is 12.4. The van der Waals surface area contributed by atoms with Crippen molar-refractivity contribution in [2.45, 2.75) is 32.2 Å². The molecule has 2 heterocycles. The smallest absolute Gasteiger partial charge is 0.334 e. The molecule has 6 nitrogen and oxygen atoms in total. The number of aliphatic imine (C=N–C) groups is 1. The first kappa shape index (κ1) is 15.3. The lowest BCUT2D eigenvalue weighted by atomic mass is 10.2. The second kappa shape index (κ2) is 7.61. The highest BCUT2D eigenvalue weighted by molar-refractivity contribution is 5.97. The van der Waals surface area contributed by atoms with E-state index >= 15 is 0 Å². The topological polar surface area (TPSA) is 70.0 Å². The molecule has 0 amide bonds. The number of rotatable bonds is 7. The Bertz CT molecular complexity index is 516. The molecule has 1 unspecified atom stereocenters. The first-order valence-corrected chi connectivity index (χ1v) is 7.12. The Morgan fingerprint density at radius 2 is 2.33 bits per heavy atom. The van der Waals surface area contributed by atoms with Crippen LogP contribution in [-0.4, -0.2) is 43.2 Å². The van der Waals surface area contributed by atoms with E-state index in [0.29, 0.717) is 18.4 Å². The van der Waals surface area contributed by atoms with Crippen molar-refractivity contribution in [1.29, 1.82) is 0 Å². The van der Waals surface area contributed by atoms with Crippen LogP contribution in [0.15, 0.2) is 23.3 Å². The third-order valence-corrected chi connectivity index (χ3v) is 3.10. The van der Waals surface area contributed by atoms with Crippen LogP contribution in [0.4, 0.5) is 0 Å². The quantitative estimate of drug-likeness (QED) is 0.567. The van der Waals surface area contributed by atoms with Crippen molar-refractivity contribution in [2.24, 2.45) is 4.99 Å². The number of pyridine rings is 1. The van der Waals surface area contributed by atoms with E-state index in [-0.39, 0.29) is 6.61 Å². The van der Waals surface area contributed by atoms with E-state index in [1.54, 1.807) is 18.3 Å². The van der Waals surface area contributed by atoms with Gasteiger partial charge in [-0.15, -0.1) is 0 Å². The van der Waals surface area contributed by atoms with E-state index in [1.165, 1.54) is 7.11 Å². The molecule has 0 bridgehead atoms. The summed E-state index contributed by atoms with van der Waals surface area (Å²) >= 11 is 0. The second-order valence-electron chi connectivity index (χ2n) is 4.72. The number of carbonyl (C=O) groups is 1. The molecule has 1 aliphatic heterocycles. The molecule has 0 aromatic carbocycles. The number of carbonyl (C=O) groups excluding carboxylic acids is 1. The molecule has 0 fully saturated rings. The van der Waals surface area contributed by atoms with Crippen LogP contribution < -0.4 is 4.74 Å². The molecule has 0 radical (unpaired) electrons. The fourth-order valence-electron chi connectivity index (χ4n) is 1.94. The van der Waals surface area contributed by atoms with Crippen LogP contribution in [0.1, 0.15) is 31.7 Å². The Hall–Kier alpha value is -2.11. The van der Waals surface area contributed by atoms with Gasteiger partial charge in [0.05, 0.1) is 13.7 Å². The van der Waals surface area contributed by atoms with Crippen LogP contribution >= 0.6 is 0 Å². The van der Waals surface area contributed by atoms with Crippen molar-refractivity contribution < 1.29 is 19.0 Å². The molecule has 21 heavy (non-hydrogen) atoms. The van der Waals surface area contributed by atoms with Crippen molar-refractivity contribution >= 4 is 11.9 Å². The van der Waals surface area contributed by atoms with Gasteiger partial charge in [0.15, 0.2) is 6.04 Å². The average molecular weight is 292 g/mol. The summed E-state index contributed by atoms with van der Waals surface area (Å²) in [4.78, 5) is 19.8. The summed E-state index contributed by atoms with van der Waals surface area (Å²) in [5.41, 5.74) is 0.752. The first-order valence-electron chi connectivity index (χ1n) is 7.12. The Morgan fingerprint density at radius 1 is 1.48 bits per heavy atom. The number of ether oxygens (including phenoxy) is 3. The van der Waals surface area contributed by atoms with Gasteiger partial charge in [-0.1, -0.05) is 19.8 Å². The monoisotopic (exact) mass is 292 g/mol. The normalized spacial score (nSPS) is 17.0. The molecule has 0 saturated carbocycles. The fourth-order valence-corrected chi connectivity index (χ4v) is 1.94. The number of nitrogens with zero attached hydrogens (tertiary/aromatic N) is 2. The van der Waals surface area contributed by atoms with Gasteiger partial charge in [-0.3, -0.25) is 0 Å². The highest BCUT2D eigenvalue weighted by atomic mass is 16.5. The predicted octanol–water partition coefficient (Wildman–Crippen LogP) is 1.97. The third kappa shape index (κ3) is 4.18. The summed E-state index contributed by atoms with van der Waals surface area (Å²) < 4.78 is 15.7. The van der Waals surface area contributed by atoms with Gasteiger partial charge >= 0.3 is 5.97 Å². The molecule has 1 atom stereocenters. The van der Waals surface area contributed by atoms with Crippen LogP contribution in [0.5, 0.6) is 5.88 Å². The van der Waals surface area contributed by atoms with Crippen LogP contribution in [-0.2, 0) is 14.3 Å². The third-order valence-electron chi connectivity index (χ3n) is 3.10. The van der Waals surface area contributed by atoms with E-state index < -0.39 is 12.0 Å². The molecule has 0 N–H and O–H groups in total. The molecular weight excluding hydrogens is 272 g/mol. The minimum absolute atomic E-state index is 0.205. The second-order valence-corrected chi connectivity index (χ2v) is 4.72. The lowest BCUT2D eigenvalue weighted by molar-refractivity contribution is -0.142. The minimum Gasteiger partial charge on any atom is -0.478 e. The van der Waals surface area contributed by atoms with Gasteiger partial charge in [0.1, 0.15) is 6.61 Å². The molecule has 0 saturated heterocycles. The van der Waals surface area contributed by atoms with Gasteiger partial charge in [-0.05, 0) is 12.5 Å². The molecule has 6 heteroatoms. The molecule has 114 valence electrons. The number of esters is 1. The maximum absolute atomic E-state index is 11.4. The summed E-state index contributed by atoms with van der Waals surface area (Å²) in [7, 11) is 1.34. The van der Waals surface area contributed by atoms with E-state index in [4.69, 9.17) is 9.47 Å². The zero-order valence-electron chi connectivity index (χ0n) is 12.4. The maximum atomic E-state index is 11.4. The molecule has 1 aromatic rings.